The summed E-state index contributed by atoms with van der Waals surface area (Å²) in [7, 11) is 4.00. The van der Waals surface area contributed by atoms with Crippen LogP contribution >= 0.6 is 0 Å². The molecule has 0 spiro atoms. The molecule has 0 radical (unpaired) electrons. The van der Waals surface area contributed by atoms with Crippen molar-refractivity contribution in [3.8, 4) is 0 Å². The molecule has 1 unspecified atom stereocenters. The lowest BCUT2D eigenvalue weighted by Crippen LogP contribution is -2.31. The van der Waals surface area contributed by atoms with E-state index in [2.05, 4.69) is 10.2 Å². The fraction of sp³-hybridized carbons (Fsp3) is 0.350. The van der Waals surface area contributed by atoms with Gasteiger partial charge in [-0.1, -0.05) is 42.5 Å². The number of nitrogens with zero attached hydrogens (tertiary/aromatic N) is 1. The first-order valence-electron chi connectivity index (χ1n) is 8.28. The predicted molar refractivity (Wildman–Crippen MR) is 95.2 cm³/mol. The summed E-state index contributed by atoms with van der Waals surface area (Å²) in [6.45, 7) is 0.848. The van der Waals surface area contributed by atoms with E-state index < -0.39 is 0 Å². The largest absolute Gasteiger partial charge is 0.349 e. The van der Waals surface area contributed by atoms with Gasteiger partial charge >= 0.3 is 0 Å². The Kier molecular flexibility index (Phi) is 6.94. The second-order valence-corrected chi connectivity index (χ2v) is 6.25. The molecule has 0 aliphatic heterocycles. The van der Waals surface area contributed by atoms with Gasteiger partial charge < -0.3 is 10.2 Å². The normalized spacial score (nSPS) is 12.2. The van der Waals surface area contributed by atoms with Crippen molar-refractivity contribution in [1.29, 1.82) is 0 Å². The van der Waals surface area contributed by atoms with Gasteiger partial charge in [0.15, 0.2) is 0 Å². The van der Waals surface area contributed by atoms with Gasteiger partial charge in [0.2, 0.25) is 5.91 Å². The molecule has 0 heterocycles. The fourth-order valence-corrected chi connectivity index (χ4v) is 2.57. The minimum atomic E-state index is -0.263. The Morgan fingerprint density at radius 2 is 1.75 bits per heavy atom. The van der Waals surface area contributed by atoms with Crippen molar-refractivity contribution in [2.24, 2.45) is 0 Å². The fourth-order valence-electron chi connectivity index (χ4n) is 2.57. The number of halogens is 1. The third kappa shape index (κ3) is 6.13. The van der Waals surface area contributed by atoms with Crippen molar-refractivity contribution >= 4 is 5.91 Å². The van der Waals surface area contributed by atoms with Crippen LogP contribution in [0.15, 0.2) is 54.6 Å². The lowest BCUT2D eigenvalue weighted by atomic mass is 10.0. The molecule has 2 aromatic rings. The summed E-state index contributed by atoms with van der Waals surface area (Å²) in [6.07, 6.45) is 1.95. The molecule has 2 rings (SSSR count). The van der Waals surface area contributed by atoms with Crippen LogP contribution in [0.5, 0.6) is 0 Å². The first kappa shape index (κ1) is 18.1. The number of carbonyl (C=O) groups excluding carboxylic acids is 1. The molecule has 0 aromatic heterocycles. The standard InChI is InChI=1S/C20H25FN2O/c1-23(2)15-14-19(17-9-11-18(21)12-10-17)22-20(24)13-8-16-6-4-3-5-7-16/h3-7,9-12,19H,8,13-15H2,1-2H3,(H,22,24). The van der Waals surface area contributed by atoms with E-state index in [-0.39, 0.29) is 17.8 Å². The quantitative estimate of drug-likeness (QED) is 0.803. The minimum absolute atomic E-state index is 0.0203. The zero-order valence-corrected chi connectivity index (χ0v) is 14.3. The van der Waals surface area contributed by atoms with Crippen LogP contribution in [-0.4, -0.2) is 31.4 Å². The number of hydrogen-bond donors (Lipinski definition) is 1. The summed E-state index contributed by atoms with van der Waals surface area (Å²) < 4.78 is 13.1. The zero-order valence-electron chi connectivity index (χ0n) is 14.3. The topological polar surface area (TPSA) is 32.3 Å². The molecule has 0 fully saturated rings. The van der Waals surface area contributed by atoms with Gasteiger partial charge in [0.05, 0.1) is 6.04 Å². The van der Waals surface area contributed by atoms with E-state index in [1.54, 1.807) is 12.1 Å². The second-order valence-electron chi connectivity index (χ2n) is 6.25. The highest BCUT2D eigenvalue weighted by Gasteiger charge is 2.15. The number of amides is 1. The highest BCUT2D eigenvalue weighted by molar-refractivity contribution is 5.76. The molecule has 1 atom stereocenters. The van der Waals surface area contributed by atoms with Crippen molar-refractivity contribution < 1.29 is 9.18 Å². The van der Waals surface area contributed by atoms with E-state index in [1.165, 1.54) is 12.1 Å². The van der Waals surface area contributed by atoms with E-state index >= 15 is 0 Å². The Labute approximate surface area is 143 Å². The molecule has 0 saturated heterocycles. The molecule has 1 amide bonds. The van der Waals surface area contributed by atoms with Crippen LogP contribution in [0.2, 0.25) is 0 Å². The third-order valence-corrected chi connectivity index (χ3v) is 3.96. The lowest BCUT2D eigenvalue weighted by Gasteiger charge is -2.21. The number of hydrogen-bond acceptors (Lipinski definition) is 2. The Bertz CT molecular complexity index is 626. The Balaban J connectivity index is 1.96. The zero-order chi connectivity index (χ0) is 17.4. The van der Waals surface area contributed by atoms with Gasteiger partial charge in [-0.15, -0.1) is 0 Å². The molecule has 4 heteroatoms. The monoisotopic (exact) mass is 328 g/mol. The van der Waals surface area contributed by atoms with Gasteiger partial charge in [0.25, 0.3) is 0 Å². The van der Waals surface area contributed by atoms with Gasteiger partial charge in [-0.25, -0.2) is 4.39 Å². The average molecular weight is 328 g/mol. The van der Waals surface area contributed by atoms with Crippen LogP contribution in [0.4, 0.5) is 4.39 Å². The number of nitrogens with one attached hydrogen (secondary N) is 1. The van der Waals surface area contributed by atoms with Crippen molar-refractivity contribution in [2.45, 2.75) is 25.3 Å². The Morgan fingerprint density at radius 1 is 1.08 bits per heavy atom. The molecule has 0 bridgehead atoms. The second kappa shape index (κ2) is 9.18. The Morgan fingerprint density at radius 3 is 2.38 bits per heavy atom. The first-order chi connectivity index (χ1) is 11.5. The maximum absolute atomic E-state index is 13.1. The maximum Gasteiger partial charge on any atom is 0.220 e. The number of aryl methyl sites for hydroxylation is 1. The summed E-state index contributed by atoms with van der Waals surface area (Å²) in [5.74, 6) is -0.243. The van der Waals surface area contributed by atoms with Gasteiger partial charge in [0, 0.05) is 6.42 Å². The number of benzene rings is 2. The molecule has 0 aliphatic carbocycles. The molecule has 1 N–H and O–H groups in total. The maximum atomic E-state index is 13.1. The van der Waals surface area contributed by atoms with E-state index in [4.69, 9.17) is 0 Å². The van der Waals surface area contributed by atoms with Gasteiger partial charge in [-0.2, -0.15) is 0 Å². The molecule has 3 nitrogen and oxygen atoms in total. The number of rotatable bonds is 8. The van der Waals surface area contributed by atoms with Gasteiger partial charge in [0.1, 0.15) is 5.82 Å². The van der Waals surface area contributed by atoms with E-state index in [1.807, 2.05) is 44.4 Å². The molecular weight excluding hydrogens is 303 g/mol. The predicted octanol–water partition coefficient (Wildman–Crippen LogP) is 3.57. The van der Waals surface area contributed by atoms with Crippen molar-refractivity contribution in [3.05, 3.63) is 71.5 Å². The summed E-state index contributed by atoms with van der Waals surface area (Å²) in [6, 6.07) is 16.2. The van der Waals surface area contributed by atoms with Crippen LogP contribution in [0.3, 0.4) is 0 Å². The molecule has 2 aromatic carbocycles. The highest BCUT2D eigenvalue weighted by atomic mass is 19.1. The molecule has 24 heavy (non-hydrogen) atoms. The van der Waals surface area contributed by atoms with Crippen molar-refractivity contribution in [1.82, 2.24) is 10.2 Å². The Hall–Kier alpha value is -2.20. The molecule has 128 valence electrons. The molecule has 0 aliphatic rings. The summed E-state index contributed by atoms with van der Waals surface area (Å²) in [4.78, 5) is 14.4. The van der Waals surface area contributed by atoms with E-state index in [9.17, 15) is 9.18 Å². The van der Waals surface area contributed by atoms with E-state index in [0.29, 0.717) is 6.42 Å². The average Bonchev–Trinajstić information content (AvgIpc) is 2.58. The van der Waals surface area contributed by atoms with Crippen molar-refractivity contribution in [3.63, 3.8) is 0 Å². The van der Waals surface area contributed by atoms with Gasteiger partial charge in [-0.3, -0.25) is 4.79 Å². The van der Waals surface area contributed by atoms with E-state index in [0.717, 1.165) is 30.5 Å². The van der Waals surface area contributed by atoms with Crippen LogP contribution in [0, 0.1) is 5.82 Å². The highest BCUT2D eigenvalue weighted by Crippen LogP contribution is 2.18. The lowest BCUT2D eigenvalue weighted by molar-refractivity contribution is -0.121. The smallest absolute Gasteiger partial charge is 0.220 e. The minimum Gasteiger partial charge on any atom is -0.349 e. The SMILES string of the molecule is CN(C)CCC(NC(=O)CCc1ccccc1)c1ccc(F)cc1. The van der Waals surface area contributed by atoms with Crippen molar-refractivity contribution in [2.75, 3.05) is 20.6 Å². The summed E-state index contributed by atoms with van der Waals surface area (Å²) >= 11 is 0. The summed E-state index contributed by atoms with van der Waals surface area (Å²) in [5, 5.41) is 3.09. The van der Waals surface area contributed by atoms with Gasteiger partial charge in [-0.05, 0) is 56.7 Å². The summed E-state index contributed by atoms with van der Waals surface area (Å²) in [5.41, 5.74) is 2.09. The van der Waals surface area contributed by atoms with Crippen LogP contribution in [0.1, 0.15) is 30.0 Å². The molecular formula is C20H25FN2O. The van der Waals surface area contributed by atoms with Crippen LogP contribution in [0.25, 0.3) is 0 Å². The van der Waals surface area contributed by atoms with Crippen LogP contribution in [-0.2, 0) is 11.2 Å². The first-order valence-corrected chi connectivity index (χ1v) is 8.28. The number of carbonyl (C=O) groups is 1. The molecule has 0 saturated carbocycles. The third-order valence-electron chi connectivity index (χ3n) is 3.96. The van der Waals surface area contributed by atoms with Crippen LogP contribution < -0.4 is 5.32 Å².